The van der Waals surface area contributed by atoms with Gasteiger partial charge in [0.2, 0.25) is 10.0 Å². The molecule has 1 heterocycles. The number of hydrogen-bond donors (Lipinski definition) is 1. The molecule has 0 atom stereocenters. The molecule has 0 bridgehead atoms. The van der Waals surface area contributed by atoms with E-state index >= 15 is 0 Å². The molecule has 0 aliphatic heterocycles. The quantitative estimate of drug-likeness (QED) is 0.916. The molecule has 0 saturated heterocycles. The van der Waals surface area contributed by atoms with Crippen molar-refractivity contribution in [2.75, 3.05) is 7.05 Å². The zero-order valence-electron chi connectivity index (χ0n) is 11.8. The van der Waals surface area contributed by atoms with Gasteiger partial charge >= 0.3 is 0 Å². The predicted molar refractivity (Wildman–Crippen MR) is 80.6 cm³/mol. The van der Waals surface area contributed by atoms with Crippen LogP contribution >= 0.6 is 11.3 Å². The minimum atomic E-state index is -3.59. The van der Waals surface area contributed by atoms with Crippen LogP contribution in [-0.4, -0.2) is 25.9 Å². The van der Waals surface area contributed by atoms with Gasteiger partial charge in [-0.05, 0) is 31.7 Å². The van der Waals surface area contributed by atoms with Crippen LogP contribution in [0.5, 0.6) is 0 Å². The number of rotatable bonds is 3. The highest BCUT2D eigenvalue weighted by molar-refractivity contribution is 7.89. The number of sulfonamides is 1. The highest BCUT2D eigenvalue weighted by Crippen LogP contribution is 2.16. The Labute approximate surface area is 126 Å². The van der Waals surface area contributed by atoms with Crippen molar-refractivity contribution in [3.63, 3.8) is 0 Å². The van der Waals surface area contributed by atoms with Crippen LogP contribution in [-0.2, 0) is 17.1 Å². The molecule has 2 aromatic rings. The monoisotopic (exact) mass is 325 g/mol. The molecular formula is C13H15N3O3S2. The highest BCUT2D eigenvalue weighted by Gasteiger charge is 2.16. The van der Waals surface area contributed by atoms with Crippen molar-refractivity contribution in [3.05, 3.63) is 45.7 Å². The Balaban J connectivity index is 2.52. The summed E-state index contributed by atoms with van der Waals surface area (Å²) in [4.78, 5) is 16.9. The first-order valence-corrected chi connectivity index (χ1v) is 8.45. The molecule has 0 aliphatic rings. The predicted octanol–water partition coefficient (Wildman–Crippen LogP) is 1.04. The number of carbonyl (C=O) groups is 1. The molecule has 112 valence electrons. The van der Waals surface area contributed by atoms with E-state index in [2.05, 4.69) is 9.71 Å². The number of carbonyl (C=O) groups excluding carboxylic acids is 1. The van der Waals surface area contributed by atoms with Crippen LogP contribution in [0, 0.1) is 6.92 Å². The minimum absolute atomic E-state index is 0.0460. The lowest BCUT2D eigenvalue weighted by molar-refractivity contribution is 0.0997. The normalized spacial score (nSPS) is 12.6. The third-order valence-electron chi connectivity index (χ3n) is 2.98. The summed E-state index contributed by atoms with van der Waals surface area (Å²) in [6, 6.07) is 4.41. The zero-order chi connectivity index (χ0) is 15.6. The Morgan fingerprint density at radius 2 is 2.10 bits per heavy atom. The Kier molecular flexibility index (Phi) is 4.40. The average molecular weight is 325 g/mol. The smallest absolute Gasteiger partial charge is 0.279 e. The van der Waals surface area contributed by atoms with Crippen LogP contribution < -0.4 is 9.52 Å². The van der Waals surface area contributed by atoms with Gasteiger partial charge < -0.3 is 4.57 Å². The first-order valence-electron chi connectivity index (χ1n) is 6.08. The number of nitrogens with zero attached hydrogens (tertiary/aromatic N) is 2. The average Bonchev–Trinajstić information content (AvgIpc) is 2.84. The van der Waals surface area contributed by atoms with Crippen LogP contribution in [0.1, 0.15) is 15.9 Å². The SMILES string of the molecule is CNS(=O)(=O)c1ccc(C)c(C(=O)N=c2sccn2C)c1. The van der Waals surface area contributed by atoms with Gasteiger partial charge in [0.1, 0.15) is 0 Å². The van der Waals surface area contributed by atoms with E-state index in [1.165, 1.54) is 30.5 Å². The number of thiazole rings is 1. The molecule has 6 nitrogen and oxygen atoms in total. The second kappa shape index (κ2) is 5.92. The van der Waals surface area contributed by atoms with E-state index in [1.807, 2.05) is 5.38 Å². The Hall–Kier alpha value is -1.77. The second-order valence-electron chi connectivity index (χ2n) is 4.40. The van der Waals surface area contributed by atoms with E-state index in [1.54, 1.807) is 30.8 Å². The van der Waals surface area contributed by atoms with E-state index in [-0.39, 0.29) is 10.5 Å². The lowest BCUT2D eigenvalue weighted by Gasteiger charge is -2.06. The van der Waals surface area contributed by atoms with E-state index < -0.39 is 15.9 Å². The van der Waals surface area contributed by atoms with Gasteiger partial charge in [-0.3, -0.25) is 4.79 Å². The van der Waals surface area contributed by atoms with Crippen LogP contribution in [0.25, 0.3) is 0 Å². The summed E-state index contributed by atoms with van der Waals surface area (Å²) in [6.45, 7) is 1.74. The molecule has 0 unspecified atom stereocenters. The van der Waals surface area contributed by atoms with Gasteiger partial charge in [0, 0.05) is 24.2 Å². The molecule has 1 aromatic carbocycles. The molecule has 0 saturated carbocycles. The fourth-order valence-corrected chi connectivity index (χ4v) is 3.18. The molecule has 1 N–H and O–H groups in total. The maximum Gasteiger partial charge on any atom is 0.279 e. The summed E-state index contributed by atoms with van der Waals surface area (Å²) in [7, 11) is -0.473. The molecule has 21 heavy (non-hydrogen) atoms. The van der Waals surface area contributed by atoms with Gasteiger partial charge in [-0.1, -0.05) is 6.07 Å². The van der Waals surface area contributed by atoms with Crippen molar-refractivity contribution < 1.29 is 13.2 Å². The fraction of sp³-hybridized carbons (Fsp3) is 0.231. The van der Waals surface area contributed by atoms with E-state index in [9.17, 15) is 13.2 Å². The van der Waals surface area contributed by atoms with Crippen molar-refractivity contribution in [2.24, 2.45) is 12.0 Å². The summed E-state index contributed by atoms with van der Waals surface area (Å²) in [6.07, 6.45) is 1.80. The van der Waals surface area contributed by atoms with E-state index in [0.29, 0.717) is 10.4 Å². The van der Waals surface area contributed by atoms with Crippen LogP contribution in [0.2, 0.25) is 0 Å². The van der Waals surface area contributed by atoms with Gasteiger partial charge in [0.05, 0.1) is 4.90 Å². The van der Waals surface area contributed by atoms with E-state index in [4.69, 9.17) is 0 Å². The van der Waals surface area contributed by atoms with Gasteiger partial charge in [-0.25, -0.2) is 13.1 Å². The maximum absolute atomic E-state index is 12.3. The molecule has 8 heteroatoms. The van der Waals surface area contributed by atoms with Gasteiger partial charge in [0.15, 0.2) is 4.80 Å². The number of nitrogens with one attached hydrogen (secondary N) is 1. The molecule has 0 radical (unpaired) electrons. The molecular weight excluding hydrogens is 310 g/mol. The Morgan fingerprint density at radius 1 is 1.38 bits per heavy atom. The summed E-state index contributed by atoms with van der Waals surface area (Å²) in [5.41, 5.74) is 0.956. The standard InChI is InChI=1S/C13H15N3O3S2/c1-9-4-5-10(21(18,19)14-2)8-11(9)12(17)15-13-16(3)6-7-20-13/h4-8,14H,1-3H3. The van der Waals surface area contributed by atoms with Crippen LogP contribution in [0.15, 0.2) is 39.7 Å². The van der Waals surface area contributed by atoms with Gasteiger partial charge in [-0.2, -0.15) is 4.99 Å². The number of aromatic nitrogens is 1. The van der Waals surface area contributed by atoms with Crippen molar-refractivity contribution in [2.45, 2.75) is 11.8 Å². The van der Waals surface area contributed by atoms with Crippen molar-refractivity contribution in [1.82, 2.24) is 9.29 Å². The Morgan fingerprint density at radius 3 is 2.67 bits per heavy atom. The number of amides is 1. The largest absolute Gasteiger partial charge is 0.327 e. The first kappa shape index (κ1) is 15.6. The van der Waals surface area contributed by atoms with Gasteiger partial charge in [-0.15, -0.1) is 11.3 Å². The first-order chi connectivity index (χ1) is 9.85. The van der Waals surface area contributed by atoms with Crippen LogP contribution in [0.4, 0.5) is 0 Å². The number of benzene rings is 1. The molecule has 0 fully saturated rings. The second-order valence-corrected chi connectivity index (χ2v) is 7.16. The van der Waals surface area contributed by atoms with Crippen LogP contribution in [0.3, 0.4) is 0 Å². The minimum Gasteiger partial charge on any atom is -0.327 e. The van der Waals surface area contributed by atoms with Crippen molar-refractivity contribution in [3.8, 4) is 0 Å². The van der Waals surface area contributed by atoms with E-state index in [0.717, 1.165) is 0 Å². The molecule has 2 rings (SSSR count). The van der Waals surface area contributed by atoms with Crippen molar-refractivity contribution >= 4 is 27.3 Å². The lowest BCUT2D eigenvalue weighted by Crippen LogP contribution is -2.19. The lowest BCUT2D eigenvalue weighted by atomic mass is 10.1. The fourth-order valence-electron chi connectivity index (χ4n) is 1.70. The molecule has 0 spiro atoms. The Bertz CT molecular complexity index is 848. The third kappa shape index (κ3) is 3.29. The number of aryl methyl sites for hydroxylation is 2. The maximum atomic E-state index is 12.3. The summed E-state index contributed by atoms with van der Waals surface area (Å²) >= 11 is 1.34. The summed E-state index contributed by atoms with van der Waals surface area (Å²) in [5, 5.41) is 1.82. The molecule has 0 aliphatic carbocycles. The van der Waals surface area contributed by atoms with Crippen molar-refractivity contribution in [1.29, 1.82) is 0 Å². The zero-order valence-corrected chi connectivity index (χ0v) is 13.5. The molecule has 1 amide bonds. The van der Waals surface area contributed by atoms with Gasteiger partial charge in [0.25, 0.3) is 5.91 Å². The molecule has 1 aromatic heterocycles. The topological polar surface area (TPSA) is 80.5 Å². The third-order valence-corrected chi connectivity index (χ3v) is 5.24. The number of hydrogen-bond acceptors (Lipinski definition) is 4. The summed E-state index contributed by atoms with van der Waals surface area (Å²) < 4.78 is 27.6. The summed E-state index contributed by atoms with van der Waals surface area (Å²) in [5.74, 6) is -0.460. The highest BCUT2D eigenvalue weighted by atomic mass is 32.2.